The normalized spacial score (nSPS) is 30.7. The van der Waals surface area contributed by atoms with Crippen molar-refractivity contribution in [2.24, 2.45) is 5.92 Å². The van der Waals surface area contributed by atoms with E-state index in [9.17, 15) is 9.59 Å². The lowest BCUT2D eigenvalue weighted by Crippen LogP contribution is -2.29. The number of benzene rings is 1. The minimum Gasteiger partial charge on any atom is -0.392 e. The molecule has 3 unspecified atom stereocenters. The van der Waals surface area contributed by atoms with E-state index in [2.05, 4.69) is 6.08 Å². The average Bonchev–Trinajstić information content (AvgIpc) is 2.65. The zero-order chi connectivity index (χ0) is 12.7. The number of hydrogen-bond acceptors (Lipinski definition) is 4. The van der Waals surface area contributed by atoms with Crippen LogP contribution in [-0.2, 0) is 14.3 Å². The molecule has 18 heavy (non-hydrogen) atoms. The van der Waals surface area contributed by atoms with Crippen LogP contribution >= 0.6 is 11.8 Å². The van der Waals surface area contributed by atoms with Crippen molar-refractivity contribution < 1.29 is 14.3 Å². The molecule has 0 bridgehead atoms. The number of esters is 2. The Labute approximate surface area is 109 Å². The van der Waals surface area contributed by atoms with Crippen LogP contribution in [0.15, 0.2) is 41.3 Å². The molecule has 0 aliphatic carbocycles. The van der Waals surface area contributed by atoms with Crippen molar-refractivity contribution in [2.45, 2.75) is 18.1 Å². The zero-order valence-corrected chi connectivity index (χ0v) is 10.6. The molecular weight excluding hydrogens is 248 g/mol. The van der Waals surface area contributed by atoms with Crippen LogP contribution in [0, 0.1) is 5.92 Å². The fourth-order valence-electron chi connectivity index (χ4n) is 2.53. The molecule has 1 aromatic rings. The predicted molar refractivity (Wildman–Crippen MR) is 68.9 cm³/mol. The third-order valence-electron chi connectivity index (χ3n) is 3.33. The molecule has 2 aliphatic heterocycles. The third kappa shape index (κ3) is 1.77. The Morgan fingerprint density at radius 2 is 1.83 bits per heavy atom. The van der Waals surface area contributed by atoms with E-state index in [-0.39, 0.29) is 17.1 Å². The number of ether oxygens (including phenoxy) is 1. The van der Waals surface area contributed by atoms with Gasteiger partial charge in [0, 0.05) is 5.92 Å². The molecule has 3 nitrogen and oxygen atoms in total. The number of carbonyl (C=O) groups excluding carboxylic acids is 2. The minimum atomic E-state index is -0.400. The van der Waals surface area contributed by atoms with E-state index in [1.165, 1.54) is 11.8 Å². The summed E-state index contributed by atoms with van der Waals surface area (Å²) in [5.41, 5.74) is 1.05. The fraction of sp³-hybridized carbons (Fsp3) is 0.286. The van der Waals surface area contributed by atoms with Crippen molar-refractivity contribution in [2.75, 3.05) is 0 Å². The largest absolute Gasteiger partial charge is 0.392 e. The summed E-state index contributed by atoms with van der Waals surface area (Å²) in [5, 5.41) is -0.382. The maximum absolute atomic E-state index is 11.8. The van der Waals surface area contributed by atoms with E-state index in [4.69, 9.17) is 4.74 Å². The first kappa shape index (κ1) is 11.5. The Kier molecular flexibility index (Phi) is 2.74. The van der Waals surface area contributed by atoms with Crippen LogP contribution in [-0.4, -0.2) is 17.2 Å². The van der Waals surface area contributed by atoms with Gasteiger partial charge in [0.15, 0.2) is 0 Å². The van der Waals surface area contributed by atoms with E-state index in [1.807, 2.05) is 37.3 Å². The van der Waals surface area contributed by atoms with Gasteiger partial charge in [-0.3, -0.25) is 9.59 Å². The van der Waals surface area contributed by atoms with Crippen molar-refractivity contribution in [3.8, 4) is 0 Å². The van der Waals surface area contributed by atoms with Gasteiger partial charge >= 0.3 is 11.9 Å². The van der Waals surface area contributed by atoms with Gasteiger partial charge in [0.25, 0.3) is 0 Å². The highest BCUT2D eigenvalue weighted by Crippen LogP contribution is 2.46. The summed E-state index contributed by atoms with van der Waals surface area (Å²) in [5.74, 6) is -1.23. The smallest absolute Gasteiger partial charge is 0.327 e. The summed E-state index contributed by atoms with van der Waals surface area (Å²) in [6.45, 7) is 1.97. The molecule has 4 heteroatoms. The third-order valence-corrected chi connectivity index (χ3v) is 4.58. The van der Waals surface area contributed by atoms with E-state index in [1.54, 1.807) is 0 Å². The summed E-state index contributed by atoms with van der Waals surface area (Å²) in [7, 11) is 0. The van der Waals surface area contributed by atoms with Gasteiger partial charge in [-0.05, 0) is 17.4 Å². The second-order valence-corrected chi connectivity index (χ2v) is 5.91. The number of rotatable bonds is 1. The van der Waals surface area contributed by atoms with Gasteiger partial charge in [-0.1, -0.05) is 36.4 Å². The number of thioether (sulfide) groups is 1. The van der Waals surface area contributed by atoms with E-state index in [0.29, 0.717) is 0 Å². The molecule has 2 heterocycles. The standard InChI is InChI=1S/C14H12O3S/c1-8-7-10(9-5-3-2-4-6-9)11-12(18-8)14(16)17-13(11)15/h2-7,10-12H,1H3. The van der Waals surface area contributed by atoms with Crippen LogP contribution in [0.3, 0.4) is 0 Å². The summed E-state index contributed by atoms with van der Waals surface area (Å²) in [6.07, 6.45) is 2.06. The number of carbonyl (C=O) groups is 2. The van der Waals surface area contributed by atoms with Crippen molar-refractivity contribution >= 4 is 23.7 Å². The Morgan fingerprint density at radius 1 is 1.11 bits per heavy atom. The number of allylic oxidation sites excluding steroid dienone is 2. The Balaban J connectivity index is 2.05. The molecule has 92 valence electrons. The number of fused-ring (bicyclic) bond motifs is 1. The molecule has 0 N–H and O–H groups in total. The fourth-order valence-corrected chi connectivity index (χ4v) is 3.72. The van der Waals surface area contributed by atoms with Crippen LogP contribution in [0.2, 0.25) is 0 Å². The molecule has 3 rings (SSSR count). The Hall–Kier alpha value is -1.55. The Bertz CT molecular complexity index is 535. The highest BCUT2D eigenvalue weighted by atomic mass is 32.2. The van der Waals surface area contributed by atoms with Crippen LogP contribution in [0.4, 0.5) is 0 Å². The topological polar surface area (TPSA) is 43.4 Å². The van der Waals surface area contributed by atoms with Gasteiger partial charge in [-0.15, -0.1) is 11.8 Å². The van der Waals surface area contributed by atoms with Crippen LogP contribution in [0.25, 0.3) is 0 Å². The van der Waals surface area contributed by atoms with Gasteiger partial charge in [0.05, 0.1) is 5.92 Å². The summed E-state index contributed by atoms with van der Waals surface area (Å²) in [6, 6.07) is 9.79. The molecule has 2 aliphatic rings. The quantitative estimate of drug-likeness (QED) is 0.575. The van der Waals surface area contributed by atoms with Gasteiger partial charge in [-0.2, -0.15) is 0 Å². The molecule has 1 aromatic carbocycles. The lowest BCUT2D eigenvalue weighted by molar-refractivity contribution is -0.153. The second kappa shape index (κ2) is 4.28. The van der Waals surface area contributed by atoms with Crippen molar-refractivity contribution in [1.29, 1.82) is 0 Å². The summed E-state index contributed by atoms with van der Waals surface area (Å²) >= 11 is 1.43. The van der Waals surface area contributed by atoms with Crippen LogP contribution < -0.4 is 0 Å². The minimum absolute atomic E-state index is 0.0589. The number of hydrogen-bond donors (Lipinski definition) is 0. The Morgan fingerprint density at radius 3 is 2.56 bits per heavy atom. The van der Waals surface area contributed by atoms with Crippen molar-refractivity contribution in [3.63, 3.8) is 0 Å². The molecule has 0 saturated carbocycles. The molecule has 3 atom stereocenters. The van der Waals surface area contributed by atoms with E-state index in [0.717, 1.165) is 10.5 Å². The van der Waals surface area contributed by atoms with Gasteiger partial charge < -0.3 is 4.74 Å². The maximum Gasteiger partial charge on any atom is 0.327 e. The van der Waals surface area contributed by atoms with E-state index >= 15 is 0 Å². The molecule has 0 aromatic heterocycles. The first-order chi connectivity index (χ1) is 8.66. The van der Waals surface area contributed by atoms with Crippen LogP contribution in [0.1, 0.15) is 18.4 Å². The van der Waals surface area contributed by atoms with Gasteiger partial charge in [0.2, 0.25) is 0 Å². The van der Waals surface area contributed by atoms with E-state index < -0.39 is 11.9 Å². The highest BCUT2D eigenvalue weighted by Gasteiger charge is 2.50. The van der Waals surface area contributed by atoms with Crippen molar-refractivity contribution in [1.82, 2.24) is 0 Å². The first-order valence-electron chi connectivity index (χ1n) is 5.82. The highest BCUT2D eigenvalue weighted by molar-refractivity contribution is 8.04. The van der Waals surface area contributed by atoms with Crippen molar-refractivity contribution in [3.05, 3.63) is 46.9 Å². The predicted octanol–water partition coefficient (Wildman–Crippen LogP) is 2.49. The van der Waals surface area contributed by atoms with Gasteiger partial charge in [0.1, 0.15) is 5.25 Å². The lowest BCUT2D eigenvalue weighted by Gasteiger charge is -2.27. The maximum atomic E-state index is 11.8. The molecule has 1 fully saturated rings. The molecular formula is C14H12O3S. The monoisotopic (exact) mass is 260 g/mol. The summed E-state index contributed by atoms with van der Waals surface area (Å²) in [4.78, 5) is 24.5. The molecule has 0 spiro atoms. The SMILES string of the molecule is CC1=CC(c2ccccc2)C2C(=O)OC(=O)C2S1. The number of cyclic esters (lactones) is 2. The van der Waals surface area contributed by atoms with Crippen LogP contribution in [0.5, 0.6) is 0 Å². The molecule has 0 amide bonds. The lowest BCUT2D eigenvalue weighted by atomic mass is 9.84. The summed E-state index contributed by atoms with van der Waals surface area (Å²) < 4.78 is 4.78. The molecule has 0 radical (unpaired) electrons. The molecule has 1 saturated heterocycles. The van der Waals surface area contributed by atoms with Gasteiger partial charge in [-0.25, -0.2) is 0 Å². The average molecular weight is 260 g/mol. The zero-order valence-electron chi connectivity index (χ0n) is 9.83. The second-order valence-electron chi connectivity index (χ2n) is 4.52. The first-order valence-corrected chi connectivity index (χ1v) is 6.70.